The van der Waals surface area contributed by atoms with Gasteiger partial charge in [0.15, 0.2) is 0 Å². The molecule has 162 valence electrons. The summed E-state index contributed by atoms with van der Waals surface area (Å²) >= 11 is 0. The van der Waals surface area contributed by atoms with Crippen molar-refractivity contribution in [2.24, 2.45) is 7.05 Å². The fraction of sp³-hybridized carbons (Fsp3) is 0.250. The molecule has 1 N–H and O–H groups in total. The minimum atomic E-state index is -0.120. The lowest BCUT2D eigenvalue weighted by Crippen LogP contribution is -2.51. The topological polar surface area (TPSA) is 85.2 Å². The lowest BCUT2D eigenvalue weighted by Gasteiger charge is -2.36. The summed E-state index contributed by atoms with van der Waals surface area (Å²) in [7, 11) is 5.43. The van der Waals surface area contributed by atoms with Crippen LogP contribution in [0.25, 0.3) is 33.4 Å². The molecule has 1 saturated heterocycles. The number of methoxy groups -OCH3 is 1. The van der Waals surface area contributed by atoms with E-state index in [4.69, 9.17) is 4.74 Å². The summed E-state index contributed by atoms with van der Waals surface area (Å²) in [4.78, 5) is 23.8. The molecule has 0 unspecified atom stereocenters. The summed E-state index contributed by atoms with van der Waals surface area (Å²) < 4.78 is 7.33. The standard InChI is InChI=1S/C24H24N6O2/c1-29-10-9-20(29)24(31)27-19-11-16-18(12-21(19)32-3)25-14-26-23(16)17-13-30(2)28-22(17)15-7-5-4-6-8-15/h4-8,11-14,20H,9-10H2,1-3H3,(H,27,31)/t20-/m0/s1. The lowest BCUT2D eigenvalue weighted by molar-refractivity contribution is -0.124. The van der Waals surface area contributed by atoms with E-state index in [1.807, 2.05) is 67.7 Å². The molecule has 1 amide bonds. The third kappa shape index (κ3) is 3.48. The zero-order chi connectivity index (χ0) is 22.2. The van der Waals surface area contributed by atoms with Gasteiger partial charge in [-0.2, -0.15) is 5.10 Å². The van der Waals surface area contributed by atoms with E-state index in [-0.39, 0.29) is 11.9 Å². The summed E-state index contributed by atoms with van der Waals surface area (Å²) in [5.74, 6) is 0.521. The van der Waals surface area contributed by atoms with Gasteiger partial charge >= 0.3 is 0 Å². The van der Waals surface area contributed by atoms with E-state index in [0.717, 1.165) is 46.4 Å². The number of nitrogens with one attached hydrogen (secondary N) is 1. The van der Waals surface area contributed by atoms with Crippen molar-refractivity contribution in [2.75, 3.05) is 26.0 Å². The summed E-state index contributed by atoms with van der Waals surface area (Å²) in [6.45, 7) is 0.925. The van der Waals surface area contributed by atoms with Gasteiger partial charge in [0.2, 0.25) is 5.91 Å². The van der Waals surface area contributed by atoms with Crippen LogP contribution in [0.15, 0.2) is 55.0 Å². The van der Waals surface area contributed by atoms with Crippen molar-refractivity contribution in [3.63, 3.8) is 0 Å². The second-order valence-electron chi connectivity index (χ2n) is 8.00. The van der Waals surface area contributed by atoms with Gasteiger partial charge in [-0.3, -0.25) is 14.4 Å². The van der Waals surface area contributed by atoms with E-state index in [9.17, 15) is 4.79 Å². The predicted octanol–water partition coefficient (Wildman–Crippen LogP) is 3.35. The Morgan fingerprint density at radius 1 is 1.12 bits per heavy atom. The third-order valence-corrected chi connectivity index (χ3v) is 5.94. The predicted molar refractivity (Wildman–Crippen MR) is 123 cm³/mol. The highest BCUT2D eigenvalue weighted by Crippen LogP contribution is 2.37. The Balaban J connectivity index is 1.63. The number of amides is 1. The van der Waals surface area contributed by atoms with E-state index in [1.54, 1.807) is 18.1 Å². The molecule has 1 atom stereocenters. The molecule has 5 rings (SSSR count). The quantitative estimate of drug-likeness (QED) is 0.525. The molecule has 1 fully saturated rings. The number of aromatic nitrogens is 4. The smallest absolute Gasteiger partial charge is 0.241 e. The monoisotopic (exact) mass is 428 g/mol. The van der Waals surface area contributed by atoms with E-state index in [1.165, 1.54) is 0 Å². The number of rotatable bonds is 5. The van der Waals surface area contributed by atoms with Crippen LogP contribution in [0.5, 0.6) is 5.75 Å². The molecule has 8 nitrogen and oxygen atoms in total. The molecular formula is C24H24N6O2. The van der Waals surface area contributed by atoms with Gasteiger partial charge in [0.1, 0.15) is 17.8 Å². The highest BCUT2D eigenvalue weighted by atomic mass is 16.5. The van der Waals surface area contributed by atoms with Gasteiger partial charge in [-0.15, -0.1) is 0 Å². The van der Waals surface area contributed by atoms with Crippen LogP contribution in [0.4, 0.5) is 5.69 Å². The van der Waals surface area contributed by atoms with Crippen LogP contribution in [-0.2, 0) is 11.8 Å². The van der Waals surface area contributed by atoms with Crippen molar-refractivity contribution >= 4 is 22.5 Å². The first-order chi connectivity index (χ1) is 15.5. The summed E-state index contributed by atoms with van der Waals surface area (Å²) in [5.41, 5.74) is 4.82. The maximum Gasteiger partial charge on any atom is 0.241 e. The normalized spacial score (nSPS) is 16.0. The first-order valence-corrected chi connectivity index (χ1v) is 10.5. The number of anilines is 1. The molecular weight excluding hydrogens is 404 g/mol. The Labute approximate surface area is 185 Å². The second kappa shape index (κ2) is 8.05. The van der Waals surface area contributed by atoms with Gasteiger partial charge in [0, 0.05) is 42.4 Å². The Kier molecular flexibility index (Phi) is 5.07. The van der Waals surface area contributed by atoms with Crippen LogP contribution in [0.2, 0.25) is 0 Å². The van der Waals surface area contributed by atoms with Crippen LogP contribution in [0.3, 0.4) is 0 Å². The summed E-state index contributed by atoms with van der Waals surface area (Å²) in [6.07, 6.45) is 4.35. The van der Waals surface area contributed by atoms with E-state index in [2.05, 4.69) is 20.4 Å². The number of likely N-dealkylation sites (tertiary alicyclic amines) is 1. The maximum atomic E-state index is 12.8. The molecule has 0 aliphatic carbocycles. The van der Waals surface area contributed by atoms with E-state index < -0.39 is 0 Å². The molecule has 1 aliphatic rings. The fourth-order valence-electron chi connectivity index (χ4n) is 4.10. The number of ether oxygens (including phenoxy) is 1. The van der Waals surface area contributed by atoms with Gasteiger partial charge < -0.3 is 10.1 Å². The average Bonchev–Trinajstić information content (AvgIpc) is 3.19. The van der Waals surface area contributed by atoms with E-state index >= 15 is 0 Å². The number of hydrogen-bond donors (Lipinski definition) is 1. The first kappa shape index (κ1) is 20.1. The Morgan fingerprint density at radius 3 is 2.62 bits per heavy atom. The average molecular weight is 428 g/mol. The molecule has 32 heavy (non-hydrogen) atoms. The molecule has 1 aliphatic heterocycles. The lowest BCUT2D eigenvalue weighted by atomic mass is 10.0. The van der Waals surface area contributed by atoms with Crippen LogP contribution in [0, 0.1) is 0 Å². The minimum absolute atomic E-state index is 0.0406. The largest absolute Gasteiger partial charge is 0.494 e. The highest BCUT2D eigenvalue weighted by molar-refractivity contribution is 6.02. The number of hydrogen-bond acceptors (Lipinski definition) is 6. The first-order valence-electron chi connectivity index (χ1n) is 10.5. The van der Waals surface area contributed by atoms with Crippen molar-refractivity contribution in [3.05, 3.63) is 55.0 Å². The number of fused-ring (bicyclic) bond motifs is 1. The number of nitrogens with zero attached hydrogens (tertiary/aromatic N) is 5. The molecule has 0 spiro atoms. The van der Waals surface area contributed by atoms with Crippen LogP contribution in [-0.4, -0.2) is 57.3 Å². The minimum Gasteiger partial charge on any atom is -0.494 e. The van der Waals surface area contributed by atoms with Crippen LogP contribution in [0.1, 0.15) is 6.42 Å². The van der Waals surface area contributed by atoms with Gasteiger partial charge in [-0.25, -0.2) is 9.97 Å². The number of aryl methyl sites for hydroxylation is 1. The number of carbonyl (C=O) groups excluding carboxylic acids is 1. The Bertz CT molecular complexity index is 1300. The van der Waals surface area contributed by atoms with Crippen molar-refractivity contribution in [1.82, 2.24) is 24.6 Å². The molecule has 0 radical (unpaired) electrons. The van der Waals surface area contributed by atoms with Crippen LogP contribution >= 0.6 is 0 Å². The van der Waals surface area contributed by atoms with Crippen molar-refractivity contribution in [3.8, 4) is 28.3 Å². The molecule has 3 heterocycles. The number of carbonyl (C=O) groups is 1. The van der Waals surface area contributed by atoms with Crippen molar-refractivity contribution in [2.45, 2.75) is 12.5 Å². The second-order valence-corrected chi connectivity index (χ2v) is 8.00. The van der Waals surface area contributed by atoms with Crippen molar-refractivity contribution < 1.29 is 9.53 Å². The Morgan fingerprint density at radius 2 is 1.94 bits per heavy atom. The van der Waals surface area contributed by atoms with Crippen LogP contribution < -0.4 is 10.1 Å². The number of benzene rings is 2. The van der Waals surface area contributed by atoms with Gasteiger partial charge in [-0.05, 0) is 19.5 Å². The molecule has 2 aromatic carbocycles. The van der Waals surface area contributed by atoms with Crippen molar-refractivity contribution in [1.29, 1.82) is 0 Å². The summed E-state index contributed by atoms with van der Waals surface area (Å²) in [5, 5.41) is 8.52. The van der Waals surface area contributed by atoms with Gasteiger partial charge in [-0.1, -0.05) is 30.3 Å². The zero-order valence-electron chi connectivity index (χ0n) is 18.2. The fourth-order valence-corrected chi connectivity index (χ4v) is 4.10. The molecule has 2 aromatic heterocycles. The molecule has 8 heteroatoms. The molecule has 0 saturated carbocycles. The highest BCUT2D eigenvalue weighted by Gasteiger charge is 2.31. The number of likely N-dealkylation sites (N-methyl/N-ethyl adjacent to an activating group) is 1. The third-order valence-electron chi connectivity index (χ3n) is 5.94. The molecule has 4 aromatic rings. The Hall–Kier alpha value is -3.78. The zero-order valence-corrected chi connectivity index (χ0v) is 18.2. The maximum absolute atomic E-state index is 12.8. The van der Waals surface area contributed by atoms with Gasteiger partial charge in [0.05, 0.1) is 30.0 Å². The van der Waals surface area contributed by atoms with E-state index in [0.29, 0.717) is 11.4 Å². The molecule has 0 bridgehead atoms. The summed E-state index contributed by atoms with van der Waals surface area (Å²) in [6, 6.07) is 13.6. The SMILES string of the molecule is COc1cc2ncnc(-c3cn(C)nc3-c3ccccc3)c2cc1NC(=O)[C@@H]1CCN1C. The van der Waals surface area contributed by atoms with Gasteiger partial charge in [0.25, 0.3) is 0 Å².